The Morgan fingerprint density at radius 1 is 1.19 bits per heavy atom. The van der Waals surface area contributed by atoms with E-state index in [4.69, 9.17) is 11.6 Å². The third-order valence-corrected chi connectivity index (χ3v) is 4.57. The monoisotopic (exact) mass is 369 g/mol. The van der Waals surface area contributed by atoms with Gasteiger partial charge in [0.05, 0.1) is 5.56 Å². The van der Waals surface area contributed by atoms with Crippen molar-refractivity contribution in [3.05, 3.63) is 71.0 Å². The molecule has 0 atom stereocenters. The molecule has 5 nitrogen and oxygen atoms in total. The van der Waals surface area contributed by atoms with Crippen LogP contribution < -0.4 is 5.32 Å². The summed E-state index contributed by atoms with van der Waals surface area (Å²) in [6.45, 7) is 1.24. The van der Waals surface area contributed by atoms with Crippen LogP contribution in [0.15, 0.2) is 54.9 Å². The van der Waals surface area contributed by atoms with Crippen LogP contribution in [0.5, 0.6) is 0 Å². The summed E-state index contributed by atoms with van der Waals surface area (Å²) in [5, 5.41) is 3.65. The van der Waals surface area contributed by atoms with Gasteiger partial charge < -0.3 is 10.2 Å². The summed E-state index contributed by atoms with van der Waals surface area (Å²) in [7, 11) is 0. The minimum Gasteiger partial charge on any atom is -0.349 e. The first-order valence-corrected chi connectivity index (χ1v) is 8.93. The molecule has 0 saturated carbocycles. The third kappa shape index (κ3) is 4.92. The Labute approximate surface area is 157 Å². The summed E-state index contributed by atoms with van der Waals surface area (Å²) in [6, 6.07) is 10.9. The fourth-order valence-corrected chi connectivity index (χ4v) is 3.09. The zero-order valence-corrected chi connectivity index (χ0v) is 15.0. The van der Waals surface area contributed by atoms with Gasteiger partial charge in [0.2, 0.25) is 5.91 Å². The molecule has 134 valence electrons. The Morgan fingerprint density at radius 2 is 2.00 bits per heavy atom. The number of aromatic nitrogens is 1. The van der Waals surface area contributed by atoms with E-state index in [1.165, 1.54) is 0 Å². The minimum absolute atomic E-state index is 0.0259. The molecule has 0 unspecified atom stereocenters. The number of benzene rings is 1. The highest BCUT2D eigenvalue weighted by Crippen LogP contribution is 2.14. The lowest BCUT2D eigenvalue weighted by atomic mass is 10.0. The Bertz CT molecular complexity index is 800. The van der Waals surface area contributed by atoms with E-state index in [0.717, 1.165) is 18.4 Å². The van der Waals surface area contributed by atoms with E-state index >= 15 is 0 Å². The lowest BCUT2D eigenvalue weighted by Crippen LogP contribution is -2.46. The van der Waals surface area contributed by atoms with Gasteiger partial charge >= 0.3 is 0 Å². The average molecular weight is 370 g/mol. The van der Waals surface area contributed by atoms with Gasteiger partial charge in [0, 0.05) is 42.6 Å². The standard InChI is InChI=1S/C20H20ClN3O2/c21-17-5-1-3-15(13-17)6-7-19(25)24-11-8-18(9-12-24)23-20(26)16-4-2-10-22-14-16/h1-7,10,13-14,18H,8-9,11-12H2,(H,23,26)/b7-6+. The van der Waals surface area contributed by atoms with Crippen LogP contribution in [0.4, 0.5) is 0 Å². The zero-order chi connectivity index (χ0) is 18.4. The van der Waals surface area contributed by atoms with Crippen LogP contribution >= 0.6 is 11.6 Å². The number of hydrogen-bond acceptors (Lipinski definition) is 3. The quantitative estimate of drug-likeness (QED) is 0.842. The van der Waals surface area contributed by atoms with E-state index < -0.39 is 0 Å². The van der Waals surface area contributed by atoms with E-state index in [9.17, 15) is 9.59 Å². The lowest BCUT2D eigenvalue weighted by Gasteiger charge is -2.31. The maximum atomic E-state index is 12.3. The highest BCUT2D eigenvalue weighted by atomic mass is 35.5. The predicted octanol–water partition coefficient (Wildman–Crippen LogP) is 3.17. The van der Waals surface area contributed by atoms with E-state index in [0.29, 0.717) is 23.7 Å². The third-order valence-electron chi connectivity index (χ3n) is 4.33. The number of piperidine rings is 1. The number of nitrogens with zero attached hydrogens (tertiary/aromatic N) is 2. The number of carbonyl (C=O) groups is 2. The number of hydrogen-bond donors (Lipinski definition) is 1. The minimum atomic E-state index is -0.122. The fraction of sp³-hybridized carbons (Fsp3) is 0.250. The van der Waals surface area contributed by atoms with Crippen molar-refractivity contribution in [1.29, 1.82) is 0 Å². The molecule has 1 saturated heterocycles. The molecule has 0 radical (unpaired) electrons. The Hall–Kier alpha value is -2.66. The normalized spacial score (nSPS) is 15.2. The van der Waals surface area contributed by atoms with Gasteiger partial charge in [-0.05, 0) is 48.7 Å². The molecular weight excluding hydrogens is 350 g/mol. The molecule has 0 aliphatic carbocycles. The Kier molecular flexibility index (Phi) is 6.02. The molecule has 6 heteroatoms. The largest absolute Gasteiger partial charge is 0.349 e. The first kappa shape index (κ1) is 18.1. The highest BCUT2D eigenvalue weighted by Gasteiger charge is 2.23. The number of rotatable bonds is 4. The van der Waals surface area contributed by atoms with Crippen molar-refractivity contribution >= 4 is 29.5 Å². The van der Waals surface area contributed by atoms with Crippen molar-refractivity contribution in [2.45, 2.75) is 18.9 Å². The lowest BCUT2D eigenvalue weighted by molar-refractivity contribution is -0.126. The van der Waals surface area contributed by atoms with Gasteiger partial charge in [-0.3, -0.25) is 14.6 Å². The summed E-state index contributed by atoms with van der Waals surface area (Å²) >= 11 is 5.94. The zero-order valence-electron chi connectivity index (χ0n) is 14.3. The number of pyridine rings is 1. The highest BCUT2D eigenvalue weighted by molar-refractivity contribution is 6.30. The summed E-state index contributed by atoms with van der Waals surface area (Å²) in [5.74, 6) is -0.147. The molecular formula is C20H20ClN3O2. The number of nitrogens with one attached hydrogen (secondary N) is 1. The van der Waals surface area contributed by atoms with E-state index in [-0.39, 0.29) is 17.9 Å². The van der Waals surface area contributed by atoms with Crippen LogP contribution in [0.3, 0.4) is 0 Å². The maximum absolute atomic E-state index is 12.3. The molecule has 0 bridgehead atoms. The van der Waals surface area contributed by atoms with Gasteiger partial charge in [-0.15, -0.1) is 0 Å². The Morgan fingerprint density at radius 3 is 2.69 bits per heavy atom. The second-order valence-electron chi connectivity index (χ2n) is 6.20. The first-order chi connectivity index (χ1) is 12.6. The van der Waals surface area contributed by atoms with Crippen LogP contribution in [0.25, 0.3) is 6.08 Å². The van der Waals surface area contributed by atoms with Gasteiger partial charge in [0.25, 0.3) is 5.91 Å². The molecule has 1 aliphatic rings. The fourth-order valence-electron chi connectivity index (χ4n) is 2.89. The maximum Gasteiger partial charge on any atom is 0.253 e. The van der Waals surface area contributed by atoms with E-state index in [1.54, 1.807) is 47.6 Å². The second-order valence-corrected chi connectivity index (χ2v) is 6.64. The van der Waals surface area contributed by atoms with Crippen molar-refractivity contribution in [3.63, 3.8) is 0 Å². The number of amides is 2. The van der Waals surface area contributed by atoms with Crippen molar-refractivity contribution in [2.75, 3.05) is 13.1 Å². The molecule has 1 aromatic carbocycles. The first-order valence-electron chi connectivity index (χ1n) is 8.55. The van der Waals surface area contributed by atoms with Gasteiger partial charge in [-0.2, -0.15) is 0 Å². The van der Waals surface area contributed by atoms with Crippen LogP contribution in [-0.4, -0.2) is 40.8 Å². The van der Waals surface area contributed by atoms with Crippen LogP contribution in [0, 0.1) is 0 Å². The van der Waals surface area contributed by atoms with E-state index in [2.05, 4.69) is 10.3 Å². The number of likely N-dealkylation sites (tertiary alicyclic amines) is 1. The molecule has 2 aromatic rings. The van der Waals surface area contributed by atoms with Crippen molar-refractivity contribution in [2.24, 2.45) is 0 Å². The van der Waals surface area contributed by atoms with Gasteiger partial charge in [-0.1, -0.05) is 23.7 Å². The van der Waals surface area contributed by atoms with Gasteiger partial charge in [-0.25, -0.2) is 0 Å². The van der Waals surface area contributed by atoms with Crippen molar-refractivity contribution in [3.8, 4) is 0 Å². The molecule has 1 aliphatic heterocycles. The van der Waals surface area contributed by atoms with Crippen LogP contribution in [-0.2, 0) is 4.79 Å². The number of carbonyl (C=O) groups excluding carboxylic acids is 2. The predicted molar refractivity (Wildman–Crippen MR) is 102 cm³/mol. The molecule has 1 fully saturated rings. The van der Waals surface area contributed by atoms with Crippen molar-refractivity contribution < 1.29 is 9.59 Å². The summed E-state index contributed by atoms with van der Waals surface area (Å²) in [5.41, 5.74) is 1.44. The molecule has 2 amide bonds. The summed E-state index contributed by atoms with van der Waals surface area (Å²) < 4.78 is 0. The summed E-state index contributed by atoms with van der Waals surface area (Å²) in [4.78, 5) is 30.2. The topological polar surface area (TPSA) is 62.3 Å². The smallest absolute Gasteiger partial charge is 0.253 e. The molecule has 2 heterocycles. The van der Waals surface area contributed by atoms with E-state index in [1.807, 2.05) is 18.2 Å². The molecule has 26 heavy (non-hydrogen) atoms. The van der Waals surface area contributed by atoms with Gasteiger partial charge in [0.1, 0.15) is 0 Å². The van der Waals surface area contributed by atoms with Crippen LogP contribution in [0.1, 0.15) is 28.8 Å². The molecule has 0 spiro atoms. The van der Waals surface area contributed by atoms with Gasteiger partial charge in [0.15, 0.2) is 0 Å². The summed E-state index contributed by atoms with van der Waals surface area (Å²) in [6.07, 6.45) is 8.00. The molecule has 1 N–H and O–H groups in total. The molecule has 3 rings (SSSR count). The number of halogens is 1. The average Bonchev–Trinajstić information content (AvgIpc) is 2.67. The SMILES string of the molecule is O=C(NC1CCN(C(=O)/C=C/c2cccc(Cl)c2)CC1)c1cccnc1. The second kappa shape index (κ2) is 8.63. The van der Waals surface area contributed by atoms with Crippen LogP contribution in [0.2, 0.25) is 5.02 Å². The van der Waals surface area contributed by atoms with Crippen molar-refractivity contribution in [1.82, 2.24) is 15.2 Å². The molecule has 1 aromatic heterocycles. The Balaban J connectivity index is 1.48.